The summed E-state index contributed by atoms with van der Waals surface area (Å²) in [6.07, 6.45) is 8.50. The van der Waals surface area contributed by atoms with E-state index in [-0.39, 0.29) is 0 Å². The van der Waals surface area contributed by atoms with E-state index in [9.17, 15) is 0 Å². The molecule has 5 nitrogen and oxygen atoms in total. The summed E-state index contributed by atoms with van der Waals surface area (Å²) in [5, 5.41) is 3.30. The van der Waals surface area contributed by atoms with E-state index in [1.807, 2.05) is 42.7 Å². The van der Waals surface area contributed by atoms with Crippen molar-refractivity contribution < 1.29 is 4.74 Å². The first-order valence-corrected chi connectivity index (χ1v) is 10.7. The number of aromatic nitrogens is 3. The van der Waals surface area contributed by atoms with Gasteiger partial charge in [0.15, 0.2) is 0 Å². The highest BCUT2D eigenvalue weighted by Gasteiger charge is 2.19. The predicted molar refractivity (Wildman–Crippen MR) is 128 cm³/mol. The van der Waals surface area contributed by atoms with Gasteiger partial charge in [0, 0.05) is 23.6 Å². The number of aryl methyl sites for hydroxylation is 3. The van der Waals surface area contributed by atoms with Crippen LogP contribution in [0.2, 0.25) is 0 Å². The second-order valence-electron chi connectivity index (χ2n) is 8.09. The topological polar surface area (TPSA) is 59.9 Å². The van der Waals surface area contributed by atoms with E-state index < -0.39 is 0 Å². The van der Waals surface area contributed by atoms with Crippen molar-refractivity contribution in [3.63, 3.8) is 0 Å². The highest BCUT2D eigenvalue weighted by Crippen LogP contribution is 2.36. The SMILES string of the molecule is Cc1ccc(Nc2nc3c(c(Oc4c(C)cc(-c5ccncc5)cc4C)n2)CC=C3)cc1. The number of fused-ring (bicyclic) bond motifs is 1. The highest BCUT2D eigenvalue weighted by molar-refractivity contribution is 5.68. The molecule has 0 amide bonds. The van der Waals surface area contributed by atoms with Crippen molar-refractivity contribution in [2.75, 3.05) is 5.32 Å². The average Bonchev–Trinajstić information content (AvgIpc) is 3.27. The summed E-state index contributed by atoms with van der Waals surface area (Å²) >= 11 is 0. The molecule has 0 unspecified atom stereocenters. The Bertz CT molecular complexity index is 1290. The summed E-state index contributed by atoms with van der Waals surface area (Å²) < 4.78 is 6.43. The molecule has 5 heteroatoms. The fraction of sp³-hybridized carbons (Fsp3) is 0.148. The summed E-state index contributed by atoms with van der Waals surface area (Å²) in [6.45, 7) is 6.20. The lowest BCUT2D eigenvalue weighted by molar-refractivity contribution is 0.450. The van der Waals surface area contributed by atoms with Crippen LogP contribution < -0.4 is 10.1 Å². The van der Waals surface area contributed by atoms with Crippen LogP contribution in [0, 0.1) is 20.8 Å². The van der Waals surface area contributed by atoms with Gasteiger partial charge in [-0.2, -0.15) is 4.98 Å². The molecule has 1 aliphatic carbocycles. The smallest absolute Gasteiger partial charge is 0.231 e. The van der Waals surface area contributed by atoms with Crippen molar-refractivity contribution in [3.8, 4) is 22.8 Å². The number of rotatable bonds is 5. The molecule has 2 heterocycles. The zero-order valence-corrected chi connectivity index (χ0v) is 18.4. The summed E-state index contributed by atoms with van der Waals surface area (Å²) in [6, 6.07) is 16.5. The van der Waals surface area contributed by atoms with E-state index in [4.69, 9.17) is 9.72 Å². The maximum Gasteiger partial charge on any atom is 0.231 e. The molecule has 0 atom stereocenters. The van der Waals surface area contributed by atoms with E-state index in [0.29, 0.717) is 11.8 Å². The maximum atomic E-state index is 6.43. The molecule has 2 aromatic heterocycles. The Morgan fingerprint density at radius 2 is 1.56 bits per heavy atom. The van der Waals surface area contributed by atoms with Crippen molar-refractivity contribution in [3.05, 3.63) is 94.9 Å². The number of hydrogen-bond acceptors (Lipinski definition) is 5. The summed E-state index contributed by atoms with van der Waals surface area (Å²) in [5.41, 5.74) is 8.45. The van der Waals surface area contributed by atoms with Crippen molar-refractivity contribution in [1.29, 1.82) is 0 Å². The van der Waals surface area contributed by atoms with Gasteiger partial charge in [0.2, 0.25) is 11.8 Å². The molecule has 1 N–H and O–H groups in total. The lowest BCUT2D eigenvalue weighted by Gasteiger charge is -2.16. The Morgan fingerprint density at radius 3 is 2.28 bits per heavy atom. The monoisotopic (exact) mass is 420 g/mol. The first-order valence-electron chi connectivity index (χ1n) is 10.7. The lowest BCUT2D eigenvalue weighted by atomic mass is 10.0. The maximum absolute atomic E-state index is 6.43. The first-order chi connectivity index (χ1) is 15.6. The largest absolute Gasteiger partial charge is 0.438 e. The van der Waals surface area contributed by atoms with Gasteiger partial charge < -0.3 is 10.1 Å². The van der Waals surface area contributed by atoms with Crippen LogP contribution in [-0.2, 0) is 6.42 Å². The second kappa shape index (κ2) is 8.27. The van der Waals surface area contributed by atoms with Gasteiger partial charge in [-0.25, -0.2) is 4.98 Å². The fourth-order valence-corrected chi connectivity index (χ4v) is 3.92. The van der Waals surface area contributed by atoms with E-state index in [0.717, 1.165) is 51.4 Å². The van der Waals surface area contributed by atoms with Crippen LogP contribution in [0.15, 0.2) is 67.0 Å². The van der Waals surface area contributed by atoms with Gasteiger partial charge in [-0.3, -0.25) is 4.98 Å². The van der Waals surface area contributed by atoms with Crippen molar-refractivity contribution in [1.82, 2.24) is 15.0 Å². The molecule has 32 heavy (non-hydrogen) atoms. The molecular formula is C27H24N4O. The molecule has 0 radical (unpaired) electrons. The number of hydrogen-bond donors (Lipinski definition) is 1. The molecule has 5 rings (SSSR count). The second-order valence-corrected chi connectivity index (χ2v) is 8.09. The minimum absolute atomic E-state index is 0.526. The molecule has 0 bridgehead atoms. The van der Waals surface area contributed by atoms with E-state index in [1.54, 1.807) is 0 Å². The normalized spacial score (nSPS) is 12.0. The van der Waals surface area contributed by atoms with Gasteiger partial charge in [0.1, 0.15) is 5.75 Å². The van der Waals surface area contributed by atoms with Gasteiger partial charge in [0.25, 0.3) is 0 Å². The van der Waals surface area contributed by atoms with Crippen LogP contribution >= 0.6 is 0 Å². The quantitative estimate of drug-likeness (QED) is 0.396. The highest BCUT2D eigenvalue weighted by atomic mass is 16.5. The number of allylic oxidation sites excluding steroid dienone is 1. The van der Waals surface area contributed by atoms with Gasteiger partial charge in [-0.05, 0) is 91.9 Å². The molecule has 2 aromatic carbocycles. The average molecular weight is 421 g/mol. The fourth-order valence-electron chi connectivity index (χ4n) is 3.92. The minimum Gasteiger partial charge on any atom is -0.438 e. The Kier molecular flexibility index (Phi) is 5.15. The third-order valence-electron chi connectivity index (χ3n) is 5.58. The van der Waals surface area contributed by atoms with Crippen LogP contribution in [0.1, 0.15) is 27.9 Å². The number of anilines is 2. The van der Waals surface area contributed by atoms with Crippen LogP contribution in [0.5, 0.6) is 11.6 Å². The Labute approximate surface area is 187 Å². The Hall–Kier alpha value is -3.99. The molecule has 0 saturated heterocycles. The zero-order chi connectivity index (χ0) is 22.1. The Morgan fingerprint density at radius 1 is 0.844 bits per heavy atom. The van der Waals surface area contributed by atoms with Crippen LogP contribution in [0.3, 0.4) is 0 Å². The van der Waals surface area contributed by atoms with Gasteiger partial charge in [-0.1, -0.05) is 23.8 Å². The van der Waals surface area contributed by atoms with Gasteiger partial charge >= 0.3 is 0 Å². The summed E-state index contributed by atoms with van der Waals surface area (Å²) in [4.78, 5) is 13.5. The molecule has 4 aromatic rings. The molecule has 0 aliphatic heterocycles. The van der Waals surface area contributed by atoms with Gasteiger partial charge in [0.05, 0.1) is 5.69 Å². The molecule has 0 spiro atoms. The van der Waals surface area contributed by atoms with Crippen LogP contribution in [-0.4, -0.2) is 15.0 Å². The third-order valence-corrected chi connectivity index (χ3v) is 5.58. The Balaban J connectivity index is 1.49. The molecular weight excluding hydrogens is 396 g/mol. The number of nitrogens with zero attached hydrogens (tertiary/aromatic N) is 3. The van der Waals surface area contributed by atoms with Crippen molar-refractivity contribution in [2.45, 2.75) is 27.2 Å². The predicted octanol–water partition coefficient (Wildman–Crippen LogP) is 6.57. The van der Waals surface area contributed by atoms with Crippen molar-refractivity contribution >= 4 is 17.7 Å². The first kappa shape index (κ1) is 19.9. The zero-order valence-electron chi connectivity index (χ0n) is 18.4. The lowest BCUT2D eigenvalue weighted by Crippen LogP contribution is -2.04. The number of nitrogens with one attached hydrogen (secondary N) is 1. The van der Waals surface area contributed by atoms with Crippen molar-refractivity contribution in [2.24, 2.45) is 0 Å². The number of ether oxygens (including phenoxy) is 1. The van der Waals surface area contributed by atoms with Crippen LogP contribution in [0.4, 0.5) is 11.6 Å². The molecule has 0 saturated carbocycles. The number of benzene rings is 2. The summed E-state index contributed by atoms with van der Waals surface area (Å²) in [7, 11) is 0. The minimum atomic E-state index is 0.526. The van der Waals surface area contributed by atoms with E-state index in [2.05, 4.69) is 66.4 Å². The van der Waals surface area contributed by atoms with E-state index >= 15 is 0 Å². The molecule has 0 fully saturated rings. The third kappa shape index (κ3) is 3.97. The van der Waals surface area contributed by atoms with Crippen LogP contribution in [0.25, 0.3) is 17.2 Å². The van der Waals surface area contributed by atoms with Gasteiger partial charge in [-0.15, -0.1) is 0 Å². The summed E-state index contributed by atoms with van der Waals surface area (Å²) in [5.74, 6) is 1.95. The molecule has 158 valence electrons. The standard InChI is InChI=1S/C27H24N4O/c1-17-7-9-22(10-8-17)29-27-30-24-6-4-5-23(24)26(31-27)32-25-18(2)15-21(16-19(25)3)20-11-13-28-14-12-20/h4,6-16H,5H2,1-3H3,(H,29,30,31). The molecule has 1 aliphatic rings. The number of pyridine rings is 1. The van der Waals surface area contributed by atoms with E-state index in [1.165, 1.54) is 5.56 Å².